The van der Waals surface area contributed by atoms with Gasteiger partial charge in [0.15, 0.2) is 0 Å². The van der Waals surface area contributed by atoms with Crippen LogP contribution in [0.4, 0.5) is 0 Å². The molecule has 0 aliphatic carbocycles. The summed E-state index contributed by atoms with van der Waals surface area (Å²) in [5.74, 6) is 0. The maximum atomic E-state index is 10.2. The molecule has 0 atom stereocenters. The summed E-state index contributed by atoms with van der Waals surface area (Å²) in [4.78, 5) is 0. The van der Waals surface area contributed by atoms with Crippen molar-refractivity contribution in [2.75, 3.05) is 0 Å². The van der Waals surface area contributed by atoms with Crippen molar-refractivity contribution in [3.8, 4) is 11.1 Å². The Morgan fingerprint density at radius 2 is 1.07 bits per heavy atom. The summed E-state index contributed by atoms with van der Waals surface area (Å²) < 4.78 is 0. The van der Waals surface area contributed by atoms with Crippen molar-refractivity contribution in [3.05, 3.63) is 91.0 Å². The lowest BCUT2D eigenvalue weighted by atomic mass is 9.72. The van der Waals surface area contributed by atoms with E-state index in [1.54, 1.807) is 0 Å². The Morgan fingerprint density at radius 1 is 0.481 bits per heavy atom. The van der Waals surface area contributed by atoms with Gasteiger partial charge in [0, 0.05) is 0 Å². The predicted molar refractivity (Wildman–Crippen MR) is 114 cm³/mol. The summed E-state index contributed by atoms with van der Waals surface area (Å²) >= 11 is 0. The molecule has 0 aliphatic rings. The standard InChI is InChI=1S/C24H17BO2/c26-25(27)24-19-10-4-1-7-16(19)13-14-22(24)23-15-17-8-2-3-9-18(17)20-11-5-6-12-21(20)23/h1-15,26-27H. The molecule has 0 heterocycles. The zero-order valence-corrected chi connectivity index (χ0v) is 14.6. The highest BCUT2D eigenvalue weighted by molar-refractivity contribution is 6.64. The zero-order chi connectivity index (χ0) is 18.4. The van der Waals surface area contributed by atoms with Crippen LogP contribution in [0.3, 0.4) is 0 Å². The molecule has 5 aromatic carbocycles. The Hall–Kier alpha value is -3.14. The fourth-order valence-electron chi connectivity index (χ4n) is 4.09. The van der Waals surface area contributed by atoms with Gasteiger partial charge in [-0.05, 0) is 55.0 Å². The second kappa shape index (κ2) is 6.24. The van der Waals surface area contributed by atoms with Gasteiger partial charge in [0.1, 0.15) is 0 Å². The third-order valence-corrected chi connectivity index (χ3v) is 5.29. The van der Waals surface area contributed by atoms with Gasteiger partial charge in [-0.25, -0.2) is 0 Å². The molecule has 2 N–H and O–H groups in total. The third-order valence-electron chi connectivity index (χ3n) is 5.29. The first kappa shape index (κ1) is 16.1. The average Bonchev–Trinajstić information content (AvgIpc) is 2.72. The maximum Gasteiger partial charge on any atom is 0.489 e. The first-order valence-electron chi connectivity index (χ1n) is 9.03. The molecule has 0 saturated carbocycles. The number of fused-ring (bicyclic) bond motifs is 4. The smallest absolute Gasteiger partial charge is 0.423 e. The summed E-state index contributed by atoms with van der Waals surface area (Å²) in [5.41, 5.74) is 2.41. The fraction of sp³-hybridized carbons (Fsp3) is 0. The van der Waals surface area contributed by atoms with E-state index in [4.69, 9.17) is 0 Å². The predicted octanol–water partition coefficient (Wildman–Crippen LogP) is 4.49. The lowest BCUT2D eigenvalue weighted by Gasteiger charge is -2.16. The van der Waals surface area contributed by atoms with Gasteiger partial charge in [-0.1, -0.05) is 84.9 Å². The minimum absolute atomic E-state index is 0.550. The normalized spacial score (nSPS) is 11.3. The second-order valence-electron chi connectivity index (χ2n) is 6.81. The minimum Gasteiger partial charge on any atom is -0.423 e. The van der Waals surface area contributed by atoms with Crippen LogP contribution < -0.4 is 5.46 Å². The molecule has 0 radical (unpaired) electrons. The van der Waals surface area contributed by atoms with Gasteiger partial charge in [-0.2, -0.15) is 0 Å². The molecule has 0 aliphatic heterocycles. The first-order valence-corrected chi connectivity index (χ1v) is 9.03. The minimum atomic E-state index is -1.55. The van der Waals surface area contributed by atoms with Gasteiger partial charge in [0.2, 0.25) is 0 Å². The Morgan fingerprint density at radius 3 is 1.81 bits per heavy atom. The van der Waals surface area contributed by atoms with Crippen molar-refractivity contribution in [1.29, 1.82) is 0 Å². The number of benzene rings is 5. The van der Waals surface area contributed by atoms with Crippen molar-refractivity contribution < 1.29 is 10.0 Å². The average molecular weight is 348 g/mol. The van der Waals surface area contributed by atoms with Crippen LogP contribution in [-0.4, -0.2) is 17.2 Å². The number of hydrogen-bond acceptors (Lipinski definition) is 2. The van der Waals surface area contributed by atoms with Crippen LogP contribution in [0.1, 0.15) is 0 Å². The van der Waals surface area contributed by atoms with Crippen LogP contribution in [-0.2, 0) is 0 Å². The molecule has 0 aromatic heterocycles. The summed E-state index contributed by atoms with van der Waals surface area (Å²) in [6.45, 7) is 0. The molecule has 3 heteroatoms. The van der Waals surface area contributed by atoms with E-state index < -0.39 is 7.12 Å². The van der Waals surface area contributed by atoms with Crippen LogP contribution in [0, 0.1) is 0 Å². The Bertz CT molecular complexity index is 1310. The largest absolute Gasteiger partial charge is 0.489 e. The highest BCUT2D eigenvalue weighted by atomic mass is 16.4. The van der Waals surface area contributed by atoms with Crippen LogP contribution in [0.2, 0.25) is 0 Å². The molecule has 0 amide bonds. The highest BCUT2D eigenvalue weighted by Gasteiger charge is 2.21. The van der Waals surface area contributed by atoms with Crippen molar-refractivity contribution >= 4 is 44.9 Å². The van der Waals surface area contributed by atoms with Gasteiger partial charge in [0.05, 0.1) is 0 Å². The van der Waals surface area contributed by atoms with Crippen molar-refractivity contribution in [1.82, 2.24) is 0 Å². The fourth-order valence-corrected chi connectivity index (χ4v) is 4.09. The lowest BCUT2D eigenvalue weighted by molar-refractivity contribution is 0.426. The summed E-state index contributed by atoms with van der Waals surface area (Å²) in [6.07, 6.45) is 0. The van der Waals surface area contributed by atoms with E-state index >= 15 is 0 Å². The lowest BCUT2D eigenvalue weighted by Crippen LogP contribution is -2.32. The molecule has 5 aromatic rings. The molecule has 0 bridgehead atoms. The van der Waals surface area contributed by atoms with Crippen LogP contribution in [0.25, 0.3) is 43.4 Å². The topological polar surface area (TPSA) is 40.5 Å². The SMILES string of the molecule is OB(O)c1c(-c2cc3ccccc3c3ccccc23)ccc2ccccc12. The second-order valence-corrected chi connectivity index (χ2v) is 6.81. The zero-order valence-electron chi connectivity index (χ0n) is 14.6. The monoisotopic (exact) mass is 348 g/mol. The Balaban J connectivity index is 1.95. The highest BCUT2D eigenvalue weighted by Crippen LogP contribution is 2.35. The molecule has 2 nitrogen and oxygen atoms in total. The summed E-state index contributed by atoms with van der Waals surface area (Å²) in [7, 11) is -1.55. The Labute approximate surface area is 157 Å². The molecule has 0 unspecified atom stereocenters. The summed E-state index contributed by atoms with van der Waals surface area (Å²) in [5, 5.41) is 26.9. The van der Waals surface area contributed by atoms with E-state index in [9.17, 15) is 10.0 Å². The Kier molecular flexibility index (Phi) is 3.71. The van der Waals surface area contributed by atoms with E-state index in [0.717, 1.165) is 38.1 Å². The van der Waals surface area contributed by atoms with Gasteiger partial charge < -0.3 is 10.0 Å². The van der Waals surface area contributed by atoms with Crippen molar-refractivity contribution in [2.45, 2.75) is 0 Å². The molecule has 128 valence electrons. The maximum absolute atomic E-state index is 10.2. The van der Waals surface area contributed by atoms with E-state index in [1.165, 1.54) is 5.39 Å². The summed E-state index contributed by atoms with van der Waals surface area (Å²) in [6, 6.07) is 30.6. The quantitative estimate of drug-likeness (QED) is 0.364. The van der Waals surface area contributed by atoms with E-state index in [0.29, 0.717) is 5.46 Å². The molecule has 27 heavy (non-hydrogen) atoms. The van der Waals surface area contributed by atoms with Gasteiger partial charge in [-0.3, -0.25) is 0 Å². The molecular weight excluding hydrogens is 331 g/mol. The van der Waals surface area contributed by atoms with Crippen molar-refractivity contribution in [2.24, 2.45) is 0 Å². The van der Waals surface area contributed by atoms with Crippen LogP contribution in [0.15, 0.2) is 91.0 Å². The van der Waals surface area contributed by atoms with Crippen LogP contribution in [0.5, 0.6) is 0 Å². The first-order chi connectivity index (χ1) is 13.2. The molecule has 0 spiro atoms. The van der Waals surface area contributed by atoms with E-state index in [2.05, 4.69) is 30.3 Å². The number of rotatable bonds is 2. The van der Waals surface area contributed by atoms with E-state index in [1.807, 2.05) is 60.7 Å². The number of hydrogen-bond donors (Lipinski definition) is 2. The van der Waals surface area contributed by atoms with E-state index in [-0.39, 0.29) is 0 Å². The molecule has 5 rings (SSSR count). The molecule has 0 saturated heterocycles. The molecule has 0 fully saturated rings. The van der Waals surface area contributed by atoms with Crippen LogP contribution >= 0.6 is 0 Å². The van der Waals surface area contributed by atoms with Gasteiger partial charge in [-0.15, -0.1) is 0 Å². The van der Waals surface area contributed by atoms with Gasteiger partial charge in [0.25, 0.3) is 0 Å². The van der Waals surface area contributed by atoms with Crippen molar-refractivity contribution in [3.63, 3.8) is 0 Å². The third kappa shape index (κ3) is 2.52. The van der Waals surface area contributed by atoms with Gasteiger partial charge >= 0.3 is 7.12 Å². The molecular formula is C24H17BO2.